The summed E-state index contributed by atoms with van der Waals surface area (Å²) in [7, 11) is 0. The summed E-state index contributed by atoms with van der Waals surface area (Å²) < 4.78 is 11.6. The van der Waals surface area contributed by atoms with Crippen molar-refractivity contribution in [3.05, 3.63) is 58.1 Å². The van der Waals surface area contributed by atoms with Crippen LogP contribution in [0.2, 0.25) is 0 Å². The normalized spacial score (nSPS) is 10.5. The number of halogens is 1. The Kier molecular flexibility index (Phi) is 7.16. The first-order chi connectivity index (χ1) is 12.5. The largest absolute Gasteiger partial charge is 0.490 e. The summed E-state index contributed by atoms with van der Waals surface area (Å²) in [6, 6.07) is 11.9. The fourth-order valence-corrected chi connectivity index (χ4v) is 2.28. The molecule has 0 unspecified atom stereocenters. The molecule has 0 heterocycles. The van der Waals surface area contributed by atoms with Gasteiger partial charge in [0, 0.05) is 15.6 Å². The molecule has 136 valence electrons. The number of hydrogen-bond donors (Lipinski definition) is 2. The molecule has 0 fully saturated rings. The average molecular weight is 421 g/mol. The highest BCUT2D eigenvalue weighted by atomic mass is 79.9. The van der Waals surface area contributed by atoms with Crippen LogP contribution in [0.3, 0.4) is 0 Å². The lowest BCUT2D eigenvalue weighted by molar-refractivity contribution is -0.139. The van der Waals surface area contributed by atoms with Crippen molar-refractivity contribution in [2.24, 2.45) is 5.10 Å². The van der Waals surface area contributed by atoms with Crippen molar-refractivity contribution < 1.29 is 24.2 Å². The molecule has 1 amide bonds. The minimum absolute atomic E-state index is 0.249. The van der Waals surface area contributed by atoms with Crippen LogP contribution in [0.15, 0.2) is 52.0 Å². The van der Waals surface area contributed by atoms with Crippen LogP contribution in [0.5, 0.6) is 11.5 Å². The summed E-state index contributed by atoms with van der Waals surface area (Å²) in [4.78, 5) is 22.8. The topological polar surface area (TPSA) is 97.2 Å². The molecule has 8 heteroatoms. The molecule has 0 atom stereocenters. The summed E-state index contributed by atoms with van der Waals surface area (Å²) >= 11 is 3.30. The van der Waals surface area contributed by atoms with Gasteiger partial charge < -0.3 is 14.6 Å². The highest BCUT2D eigenvalue weighted by Crippen LogP contribution is 2.30. The summed E-state index contributed by atoms with van der Waals surface area (Å²) in [5, 5.41) is 12.7. The van der Waals surface area contributed by atoms with Crippen molar-refractivity contribution in [2.45, 2.75) is 6.92 Å². The predicted octanol–water partition coefficient (Wildman–Crippen LogP) is 3.08. The maximum Gasteiger partial charge on any atom is 0.341 e. The van der Waals surface area contributed by atoms with Crippen molar-refractivity contribution in [2.75, 3.05) is 13.2 Å². The number of ether oxygens (including phenoxy) is 2. The first-order valence-electron chi connectivity index (χ1n) is 7.70. The molecule has 0 aliphatic carbocycles. The number of rotatable bonds is 8. The third-order valence-electron chi connectivity index (χ3n) is 3.13. The number of amides is 1. The Labute approximate surface area is 158 Å². The van der Waals surface area contributed by atoms with Gasteiger partial charge in [0.2, 0.25) is 0 Å². The van der Waals surface area contributed by atoms with Crippen LogP contribution in [-0.2, 0) is 4.79 Å². The molecule has 0 aliphatic rings. The first kappa shape index (κ1) is 19.5. The quantitative estimate of drug-likeness (QED) is 0.505. The van der Waals surface area contributed by atoms with E-state index in [4.69, 9.17) is 14.6 Å². The van der Waals surface area contributed by atoms with Crippen molar-refractivity contribution in [1.82, 2.24) is 5.43 Å². The van der Waals surface area contributed by atoms with Gasteiger partial charge in [0.05, 0.1) is 12.8 Å². The number of carboxylic acid groups (broad SMARTS) is 1. The minimum atomic E-state index is -1.11. The Balaban J connectivity index is 2.14. The minimum Gasteiger partial charge on any atom is -0.490 e. The molecule has 0 spiro atoms. The summed E-state index contributed by atoms with van der Waals surface area (Å²) in [5.41, 5.74) is 3.35. The second-order valence-corrected chi connectivity index (χ2v) is 5.91. The smallest absolute Gasteiger partial charge is 0.341 e. The Morgan fingerprint density at radius 1 is 1.19 bits per heavy atom. The molecule has 0 saturated heterocycles. The van der Waals surface area contributed by atoms with Gasteiger partial charge in [0.1, 0.15) is 0 Å². The van der Waals surface area contributed by atoms with E-state index in [9.17, 15) is 9.59 Å². The Morgan fingerprint density at radius 2 is 1.92 bits per heavy atom. The molecule has 7 nitrogen and oxygen atoms in total. The van der Waals surface area contributed by atoms with Gasteiger partial charge in [-0.1, -0.05) is 22.0 Å². The van der Waals surface area contributed by atoms with E-state index in [1.165, 1.54) is 6.21 Å². The number of nitrogens with one attached hydrogen (secondary N) is 1. The zero-order chi connectivity index (χ0) is 18.9. The van der Waals surface area contributed by atoms with E-state index in [0.29, 0.717) is 23.5 Å². The number of aliphatic carboxylic acids is 1. The van der Waals surface area contributed by atoms with Gasteiger partial charge in [0.15, 0.2) is 18.1 Å². The van der Waals surface area contributed by atoms with Crippen molar-refractivity contribution >= 4 is 34.0 Å². The highest BCUT2D eigenvalue weighted by Gasteiger charge is 2.12. The second-order valence-electron chi connectivity index (χ2n) is 5.00. The van der Waals surface area contributed by atoms with E-state index in [2.05, 4.69) is 26.5 Å². The Hall–Kier alpha value is -2.87. The van der Waals surface area contributed by atoms with E-state index in [0.717, 1.165) is 4.47 Å². The number of carbonyl (C=O) groups excluding carboxylic acids is 1. The summed E-state index contributed by atoms with van der Waals surface area (Å²) in [6.45, 7) is 1.68. The van der Waals surface area contributed by atoms with E-state index >= 15 is 0 Å². The number of carboxylic acids is 1. The van der Waals surface area contributed by atoms with Gasteiger partial charge in [-0.25, -0.2) is 10.2 Å². The van der Waals surface area contributed by atoms with Gasteiger partial charge in [-0.3, -0.25) is 4.79 Å². The molecule has 0 bridgehead atoms. The van der Waals surface area contributed by atoms with Crippen molar-refractivity contribution in [1.29, 1.82) is 0 Å². The molecule has 0 saturated carbocycles. The molecule has 2 N–H and O–H groups in total. The summed E-state index contributed by atoms with van der Waals surface area (Å²) in [6.07, 6.45) is 1.37. The van der Waals surface area contributed by atoms with Crippen LogP contribution < -0.4 is 14.9 Å². The fourth-order valence-electron chi connectivity index (χ4n) is 2.02. The fraction of sp³-hybridized carbons (Fsp3) is 0.167. The van der Waals surface area contributed by atoms with Gasteiger partial charge in [-0.15, -0.1) is 0 Å². The van der Waals surface area contributed by atoms with Gasteiger partial charge in [0.25, 0.3) is 5.91 Å². The van der Waals surface area contributed by atoms with Crippen LogP contribution in [0, 0.1) is 0 Å². The highest BCUT2D eigenvalue weighted by molar-refractivity contribution is 9.10. The maximum atomic E-state index is 12.0. The standard InChI is InChI=1S/C18H17BrN2O5/c1-2-25-15-5-3-4-13(17(15)26-11-16(22)23)10-20-21-18(24)12-6-8-14(19)9-7-12/h3-10H,2,11H2,1H3,(H,21,24)(H,22,23)/b20-10+. The maximum absolute atomic E-state index is 12.0. The Bertz CT molecular complexity index is 806. The monoisotopic (exact) mass is 420 g/mol. The number of benzene rings is 2. The molecule has 2 aromatic carbocycles. The lowest BCUT2D eigenvalue weighted by atomic mass is 10.2. The molecule has 0 aromatic heterocycles. The van der Waals surface area contributed by atoms with E-state index < -0.39 is 12.6 Å². The Morgan fingerprint density at radius 3 is 2.58 bits per heavy atom. The lowest BCUT2D eigenvalue weighted by Crippen LogP contribution is -2.17. The molecule has 2 aromatic rings. The van der Waals surface area contributed by atoms with Crippen LogP contribution in [-0.4, -0.2) is 36.4 Å². The van der Waals surface area contributed by atoms with E-state index in [1.54, 1.807) is 49.4 Å². The van der Waals surface area contributed by atoms with Crippen LogP contribution in [0.4, 0.5) is 0 Å². The number of carbonyl (C=O) groups is 2. The average Bonchev–Trinajstić information content (AvgIpc) is 2.61. The molecular weight excluding hydrogens is 404 g/mol. The lowest BCUT2D eigenvalue weighted by Gasteiger charge is -2.12. The molecule has 0 radical (unpaired) electrons. The van der Waals surface area contributed by atoms with Crippen molar-refractivity contribution in [3.63, 3.8) is 0 Å². The molecule has 0 aliphatic heterocycles. The van der Waals surface area contributed by atoms with E-state index in [1.807, 2.05) is 0 Å². The van der Waals surface area contributed by atoms with Crippen molar-refractivity contribution in [3.8, 4) is 11.5 Å². The number of nitrogens with zero attached hydrogens (tertiary/aromatic N) is 1. The van der Waals surface area contributed by atoms with Crippen LogP contribution in [0.25, 0.3) is 0 Å². The predicted molar refractivity (Wildman–Crippen MR) is 99.9 cm³/mol. The number of hydrogen-bond acceptors (Lipinski definition) is 5. The van der Waals surface area contributed by atoms with Gasteiger partial charge in [-0.2, -0.15) is 5.10 Å². The molecule has 26 heavy (non-hydrogen) atoms. The molecule has 2 rings (SSSR count). The van der Waals surface area contributed by atoms with Crippen LogP contribution in [0.1, 0.15) is 22.8 Å². The number of hydrazone groups is 1. The number of para-hydroxylation sites is 1. The summed E-state index contributed by atoms with van der Waals surface area (Å²) in [5.74, 6) is -0.833. The van der Waals surface area contributed by atoms with Gasteiger partial charge >= 0.3 is 5.97 Å². The van der Waals surface area contributed by atoms with Crippen LogP contribution >= 0.6 is 15.9 Å². The SMILES string of the molecule is CCOc1cccc(/C=N/NC(=O)c2ccc(Br)cc2)c1OCC(=O)O. The third kappa shape index (κ3) is 5.59. The first-order valence-corrected chi connectivity index (χ1v) is 8.50. The third-order valence-corrected chi connectivity index (χ3v) is 3.65. The molecular formula is C18H17BrN2O5. The zero-order valence-corrected chi connectivity index (χ0v) is 15.5. The zero-order valence-electron chi connectivity index (χ0n) is 13.9. The van der Waals surface area contributed by atoms with Gasteiger partial charge in [-0.05, 0) is 43.3 Å². The van der Waals surface area contributed by atoms with E-state index in [-0.39, 0.29) is 11.7 Å². The second kappa shape index (κ2) is 9.57.